The molecule has 0 bridgehead atoms. The monoisotopic (exact) mass is 306 g/mol. The lowest BCUT2D eigenvalue weighted by Gasteiger charge is -2.19. The quantitative estimate of drug-likeness (QED) is 0.614. The van der Waals surface area contributed by atoms with E-state index >= 15 is 0 Å². The van der Waals surface area contributed by atoms with Crippen molar-refractivity contribution in [3.63, 3.8) is 0 Å². The molecule has 0 rings (SSSR count). The number of carbonyl (C=O) groups is 1. The van der Waals surface area contributed by atoms with E-state index in [0.29, 0.717) is 0 Å². The number of methoxy groups -OCH3 is 1. The summed E-state index contributed by atoms with van der Waals surface area (Å²) in [5, 5.41) is 8.49. The molecule has 4 N–H and O–H groups in total. The molecule has 19 heavy (non-hydrogen) atoms. The molecule has 0 saturated carbocycles. The first kappa shape index (κ1) is 18.1. The van der Waals surface area contributed by atoms with E-state index in [1.807, 2.05) is 0 Å². The molecule has 0 aliphatic heterocycles. The van der Waals surface area contributed by atoms with Crippen LogP contribution in [-0.4, -0.2) is 52.2 Å². The van der Waals surface area contributed by atoms with Crippen molar-refractivity contribution in [2.75, 3.05) is 18.6 Å². The summed E-state index contributed by atoms with van der Waals surface area (Å²) in [6, 6.07) is -1.27. The zero-order valence-corrected chi connectivity index (χ0v) is 11.1. The van der Waals surface area contributed by atoms with E-state index in [1.165, 1.54) is 0 Å². The van der Waals surface area contributed by atoms with Crippen molar-refractivity contribution in [1.29, 1.82) is 4.78 Å². The molecule has 0 fully saturated rings. The number of carboxylic acids is 1. The third-order valence-corrected chi connectivity index (χ3v) is 4.23. The maximum Gasteiger partial charge on any atom is 0.414 e. The average Bonchev–Trinajstić information content (AvgIpc) is 2.24. The minimum absolute atomic E-state index is 0.221. The molecular formula is C9H17F3N2O4S. The second-order valence-corrected chi connectivity index (χ2v) is 6.45. The van der Waals surface area contributed by atoms with Crippen molar-refractivity contribution >= 4 is 15.7 Å². The number of aliphatic carboxylic acids is 1. The first-order valence-corrected chi connectivity index (χ1v) is 7.21. The van der Waals surface area contributed by atoms with Gasteiger partial charge in [-0.1, -0.05) is 0 Å². The molecule has 0 heterocycles. The fourth-order valence-electron chi connectivity index (χ4n) is 1.26. The van der Waals surface area contributed by atoms with E-state index in [9.17, 15) is 22.2 Å². The molecule has 0 saturated heterocycles. The van der Waals surface area contributed by atoms with Crippen molar-refractivity contribution in [3.05, 3.63) is 0 Å². The van der Waals surface area contributed by atoms with E-state index < -0.39 is 46.2 Å². The molecule has 10 heteroatoms. The van der Waals surface area contributed by atoms with Crippen LogP contribution in [0, 0.1) is 4.78 Å². The minimum Gasteiger partial charge on any atom is -0.480 e. The topological polar surface area (TPSA) is 113 Å². The van der Waals surface area contributed by atoms with E-state index in [0.717, 1.165) is 7.11 Å². The molecule has 0 radical (unpaired) electrons. The number of hydrogen-bond donors (Lipinski definition) is 3. The van der Waals surface area contributed by atoms with Gasteiger partial charge in [0.25, 0.3) is 0 Å². The smallest absolute Gasteiger partial charge is 0.414 e. The number of nitrogens with two attached hydrogens (primary N) is 1. The molecule has 0 aromatic rings. The van der Waals surface area contributed by atoms with Gasteiger partial charge in [0.1, 0.15) is 6.04 Å². The Labute approximate surface area is 109 Å². The summed E-state index contributed by atoms with van der Waals surface area (Å²) in [5.74, 6) is -2.17. The van der Waals surface area contributed by atoms with Crippen LogP contribution in [0.25, 0.3) is 0 Å². The molecule has 6 nitrogen and oxygen atoms in total. The highest BCUT2D eigenvalue weighted by Crippen LogP contribution is 2.25. The predicted molar refractivity (Wildman–Crippen MR) is 62.3 cm³/mol. The van der Waals surface area contributed by atoms with Crippen LogP contribution in [0.1, 0.15) is 12.8 Å². The third-order valence-electron chi connectivity index (χ3n) is 2.44. The predicted octanol–water partition coefficient (Wildman–Crippen LogP) is 0.803. The molecular weight excluding hydrogens is 289 g/mol. The van der Waals surface area contributed by atoms with Gasteiger partial charge in [0, 0.05) is 28.3 Å². The lowest BCUT2D eigenvalue weighted by atomic mass is 10.2. The van der Waals surface area contributed by atoms with Crippen LogP contribution in [0.15, 0.2) is 0 Å². The normalized spacial score (nSPS) is 18.6. The maximum absolute atomic E-state index is 12.3. The van der Waals surface area contributed by atoms with Crippen LogP contribution in [0.3, 0.4) is 0 Å². The second-order valence-electron chi connectivity index (χ2n) is 4.01. The third kappa shape index (κ3) is 7.33. The fourth-order valence-corrected chi connectivity index (χ4v) is 2.69. The highest BCUT2D eigenvalue weighted by atomic mass is 32.2. The van der Waals surface area contributed by atoms with E-state index in [2.05, 4.69) is 4.74 Å². The van der Waals surface area contributed by atoms with Gasteiger partial charge in [0.05, 0.1) is 0 Å². The van der Waals surface area contributed by atoms with Crippen LogP contribution < -0.4 is 5.73 Å². The molecule has 3 atom stereocenters. The van der Waals surface area contributed by atoms with Gasteiger partial charge in [-0.2, -0.15) is 13.2 Å². The first-order valence-electron chi connectivity index (χ1n) is 5.31. The zero-order valence-electron chi connectivity index (χ0n) is 10.3. The standard InChI is InChI=1S/C9H17F3N2O4S/c1-18-7(9(10,11)12)3-5-19(14,17)4-2-6(13)8(15)16/h6-7,14H,2-5,13H2,1H3,(H,15,16)/t6-,7?,19?/m0/s1. The molecule has 2 unspecified atom stereocenters. The number of nitrogens with one attached hydrogen (secondary N) is 1. The highest BCUT2D eigenvalue weighted by molar-refractivity contribution is 7.92. The summed E-state index contributed by atoms with van der Waals surface area (Å²) in [6.07, 6.45) is -7.49. The van der Waals surface area contributed by atoms with Crippen molar-refractivity contribution in [2.24, 2.45) is 5.73 Å². The van der Waals surface area contributed by atoms with Crippen molar-refractivity contribution < 1.29 is 32.0 Å². The SMILES string of the molecule is COC(CCS(=N)(=O)CC[C@H](N)C(=O)O)C(F)(F)F. The minimum atomic E-state index is -4.58. The van der Waals surface area contributed by atoms with E-state index in [-0.39, 0.29) is 12.2 Å². The van der Waals surface area contributed by atoms with Crippen LogP contribution >= 0.6 is 0 Å². The summed E-state index contributed by atoms with van der Waals surface area (Å²) < 4.78 is 60.3. The highest BCUT2D eigenvalue weighted by Gasteiger charge is 2.40. The van der Waals surface area contributed by atoms with Crippen LogP contribution in [0.5, 0.6) is 0 Å². The summed E-state index contributed by atoms with van der Waals surface area (Å²) in [4.78, 5) is 10.4. The number of carboxylic acid groups (broad SMARTS) is 1. The maximum atomic E-state index is 12.3. The number of alkyl halides is 3. The van der Waals surface area contributed by atoms with Crippen LogP contribution in [0.2, 0.25) is 0 Å². The Hall–Kier alpha value is -0.870. The lowest BCUT2D eigenvalue weighted by molar-refractivity contribution is -0.212. The lowest BCUT2D eigenvalue weighted by Crippen LogP contribution is -2.34. The molecule has 0 aromatic carbocycles. The molecule has 0 spiro atoms. The van der Waals surface area contributed by atoms with Gasteiger partial charge in [-0.25, -0.2) is 4.21 Å². The molecule has 0 aromatic heterocycles. The molecule has 0 amide bonds. The number of hydrogen-bond acceptors (Lipinski definition) is 5. The molecule has 114 valence electrons. The van der Waals surface area contributed by atoms with Gasteiger partial charge in [0.15, 0.2) is 6.10 Å². The number of rotatable bonds is 8. The zero-order chi connectivity index (χ0) is 15.3. The second kappa shape index (κ2) is 7.06. The van der Waals surface area contributed by atoms with E-state index in [4.69, 9.17) is 15.6 Å². The summed E-state index contributed by atoms with van der Waals surface area (Å²) in [7, 11) is -2.42. The molecule has 0 aliphatic carbocycles. The Balaban J connectivity index is 4.35. The van der Waals surface area contributed by atoms with Gasteiger partial charge in [-0.15, -0.1) is 0 Å². The van der Waals surface area contributed by atoms with Gasteiger partial charge < -0.3 is 15.6 Å². The largest absolute Gasteiger partial charge is 0.480 e. The summed E-state index contributed by atoms with van der Waals surface area (Å²) in [6.45, 7) is 0. The Morgan fingerprint density at radius 2 is 1.89 bits per heavy atom. The average molecular weight is 306 g/mol. The number of halogens is 3. The van der Waals surface area contributed by atoms with Crippen molar-refractivity contribution in [1.82, 2.24) is 0 Å². The fraction of sp³-hybridized carbons (Fsp3) is 0.889. The van der Waals surface area contributed by atoms with Crippen LogP contribution in [0.4, 0.5) is 13.2 Å². The number of ether oxygens (including phenoxy) is 1. The van der Waals surface area contributed by atoms with Gasteiger partial charge >= 0.3 is 12.1 Å². The van der Waals surface area contributed by atoms with Gasteiger partial charge in [-0.3, -0.25) is 9.57 Å². The summed E-state index contributed by atoms with van der Waals surface area (Å²) >= 11 is 0. The summed E-state index contributed by atoms with van der Waals surface area (Å²) in [5.41, 5.74) is 5.16. The Kier molecular flexibility index (Phi) is 6.73. The Morgan fingerprint density at radius 3 is 2.26 bits per heavy atom. The van der Waals surface area contributed by atoms with Crippen molar-refractivity contribution in [3.8, 4) is 0 Å². The van der Waals surface area contributed by atoms with E-state index in [1.54, 1.807) is 0 Å². The Bertz CT molecular complexity index is 397. The van der Waals surface area contributed by atoms with Crippen molar-refractivity contribution in [2.45, 2.75) is 31.2 Å². The Morgan fingerprint density at radius 1 is 1.42 bits per heavy atom. The van der Waals surface area contributed by atoms with Gasteiger partial charge in [0.2, 0.25) is 0 Å². The molecule has 0 aliphatic rings. The van der Waals surface area contributed by atoms with Gasteiger partial charge in [-0.05, 0) is 12.8 Å². The first-order chi connectivity index (χ1) is 8.49. The van der Waals surface area contributed by atoms with Crippen LogP contribution in [-0.2, 0) is 19.3 Å².